The van der Waals surface area contributed by atoms with Gasteiger partial charge in [0.1, 0.15) is 12.0 Å². The molecule has 5 nitrogen and oxygen atoms in total. The highest BCUT2D eigenvalue weighted by molar-refractivity contribution is 5.49. The third-order valence-electron chi connectivity index (χ3n) is 3.43. The Morgan fingerprint density at radius 3 is 3.06 bits per heavy atom. The van der Waals surface area contributed by atoms with Crippen LogP contribution in [0.25, 0.3) is 11.5 Å². The van der Waals surface area contributed by atoms with E-state index in [-0.39, 0.29) is 0 Å². The fourth-order valence-corrected chi connectivity index (χ4v) is 2.43. The number of nitrogens with zero attached hydrogens (tertiary/aromatic N) is 4. The number of imidazole rings is 1. The predicted molar refractivity (Wildman–Crippen MR) is 68.9 cm³/mol. The molecule has 3 heterocycles. The van der Waals surface area contributed by atoms with Gasteiger partial charge in [0.05, 0.1) is 0 Å². The van der Waals surface area contributed by atoms with Gasteiger partial charge < -0.3 is 9.88 Å². The molecule has 3 rings (SSSR count). The Bertz CT molecular complexity index is 528. The lowest BCUT2D eigenvalue weighted by Gasteiger charge is -2.08. The minimum Gasteiger partial charge on any atom is -0.333 e. The first-order chi connectivity index (χ1) is 8.83. The highest BCUT2D eigenvalue weighted by atomic mass is 15.1. The van der Waals surface area contributed by atoms with Gasteiger partial charge in [-0.15, -0.1) is 0 Å². The van der Waals surface area contributed by atoms with E-state index in [1.165, 1.54) is 6.42 Å². The highest BCUT2D eigenvalue weighted by Crippen LogP contribution is 2.17. The average molecular weight is 243 g/mol. The number of nitrogens with one attached hydrogen (secondary N) is 1. The first-order valence-electron chi connectivity index (χ1n) is 6.32. The summed E-state index contributed by atoms with van der Waals surface area (Å²) in [5.41, 5.74) is 2.01. The van der Waals surface area contributed by atoms with E-state index in [2.05, 4.69) is 26.3 Å². The first kappa shape index (κ1) is 11.3. The molecule has 0 amide bonds. The van der Waals surface area contributed by atoms with Gasteiger partial charge in [0.2, 0.25) is 0 Å². The van der Waals surface area contributed by atoms with Crippen molar-refractivity contribution in [1.29, 1.82) is 0 Å². The van der Waals surface area contributed by atoms with Crippen LogP contribution in [0.4, 0.5) is 0 Å². The fraction of sp³-hybridized carbons (Fsp3) is 0.462. The Hall–Kier alpha value is -1.75. The molecule has 0 spiro atoms. The molecule has 1 aliphatic rings. The van der Waals surface area contributed by atoms with Crippen molar-refractivity contribution in [3.8, 4) is 11.5 Å². The Balaban J connectivity index is 1.82. The molecule has 1 atom stereocenters. The molecule has 1 fully saturated rings. The maximum Gasteiger partial charge on any atom is 0.158 e. The van der Waals surface area contributed by atoms with E-state index in [0.717, 1.165) is 36.7 Å². The Labute approximate surface area is 106 Å². The molecule has 5 heteroatoms. The van der Waals surface area contributed by atoms with Crippen molar-refractivity contribution >= 4 is 0 Å². The summed E-state index contributed by atoms with van der Waals surface area (Å²) in [6, 6.07) is 2.06. The van der Waals surface area contributed by atoms with Crippen LogP contribution in [0.15, 0.2) is 24.8 Å². The lowest BCUT2D eigenvalue weighted by Crippen LogP contribution is -2.11. The normalized spacial score (nSPS) is 19.3. The third-order valence-corrected chi connectivity index (χ3v) is 3.43. The van der Waals surface area contributed by atoms with Crippen LogP contribution in [0.3, 0.4) is 0 Å². The van der Waals surface area contributed by atoms with E-state index >= 15 is 0 Å². The van der Waals surface area contributed by atoms with Crippen LogP contribution in [0, 0.1) is 5.92 Å². The monoisotopic (exact) mass is 243 g/mol. The summed E-state index contributed by atoms with van der Waals surface area (Å²) < 4.78 is 1.98. The van der Waals surface area contributed by atoms with E-state index in [1.54, 1.807) is 12.5 Å². The molecule has 0 radical (unpaired) electrons. The summed E-state index contributed by atoms with van der Waals surface area (Å²) in [4.78, 5) is 13.0. The van der Waals surface area contributed by atoms with Crippen LogP contribution in [0.5, 0.6) is 0 Å². The van der Waals surface area contributed by atoms with Gasteiger partial charge in [0.25, 0.3) is 0 Å². The SMILES string of the molecule is Cn1ccnc1-c1cc(C[C@@H]2CCNC2)ncn1. The summed E-state index contributed by atoms with van der Waals surface area (Å²) in [5.74, 6) is 1.59. The number of hydrogen-bond donors (Lipinski definition) is 1. The first-order valence-corrected chi connectivity index (χ1v) is 6.32. The number of aromatic nitrogens is 4. The predicted octanol–water partition coefficient (Wildman–Crippen LogP) is 1.03. The Morgan fingerprint density at radius 1 is 1.39 bits per heavy atom. The molecule has 1 saturated heterocycles. The Kier molecular flexibility index (Phi) is 3.06. The van der Waals surface area contributed by atoms with E-state index in [4.69, 9.17) is 0 Å². The van der Waals surface area contributed by atoms with Gasteiger partial charge in [-0.3, -0.25) is 0 Å². The van der Waals surface area contributed by atoms with Crippen LogP contribution < -0.4 is 5.32 Å². The van der Waals surface area contributed by atoms with Crippen molar-refractivity contribution < 1.29 is 0 Å². The van der Waals surface area contributed by atoms with E-state index in [9.17, 15) is 0 Å². The van der Waals surface area contributed by atoms with Crippen LogP contribution >= 0.6 is 0 Å². The Morgan fingerprint density at radius 2 is 2.33 bits per heavy atom. The van der Waals surface area contributed by atoms with Gasteiger partial charge in [-0.05, 0) is 37.9 Å². The highest BCUT2D eigenvalue weighted by Gasteiger charge is 2.16. The van der Waals surface area contributed by atoms with Gasteiger partial charge in [-0.2, -0.15) is 0 Å². The fourth-order valence-electron chi connectivity index (χ4n) is 2.43. The standard InChI is InChI=1S/C13H17N5/c1-18-5-4-15-13(18)12-7-11(16-9-17-12)6-10-2-3-14-8-10/h4-5,7,9-10,14H,2-3,6,8H2,1H3/t10-/m0/s1. The molecule has 0 bridgehead atoms. The zero-order valence-corrected chi connectivity index (χ0v) is 10.5. The molecule has 18 heavy (non-hydrogen) atoms. The van der Waals surface area contributed by atoms with Crippen LogP contribution in [0.1, 0.15) is 12.1 Å². The van der Waals surface area contributed by atoms with Crippen LogP contribution in [-0.2, 0) is 13.5 Å². The molecule has 0 saturated carbocycles. The number of rotatable bonds is 3. The van der Waals surface area contributed by atoms with E-state index in [1.807, 2.05) is 17.8 Å². The van der Waals surface area contributed by atoms with Crippen molar-refractivity contribution in [2.24, 2.45) is 13.0 Å². The molecule has 1 N–H and O–H groups in total. The van der Waals surface area contributed by atoms with Crippen molar-refractivity contribution in [2.45, 2.75) is 12.8 Å². The topological polar surface area (TPSA) is 55.6 Å². The van der Waals surface area contributed by atoms with Gasteiger partial charge >= 0.3 is 0 Å². The quantitative estimate of drug-likeness (QED) is 0.874. The number of hydrogen-bond acceptors (Lipinski definition) is 4. The molecule has 2 aromatic rings. The van der Waals surface area contributed by atoms with Gasteiger partial charge in [0.15, 0.2) is 5.82 Å². The molecule has 0 aliphatic carbocycles. The second-order valence-electron chi connectivity index (χ2n) is 4.82. The molecular formula is C13H17N5. The maximum absolute atomic E-state index is 4.37. The number of aryl methyl sites for hydroxylation is 1. The molecular weight excluding hydrogens is 226 g/mol. The zero-order chi connectivity index (χ0) is 12.4. The second-order valence-corrected chi connectivity index (χ2v) is 4.82. The largest absolute Gasteiger partial charge is 0.333 e. The molecule has 94 valence electrons. The molecule has 2 aromatic heterocycles. The van der Waals surface area contributed by atoms with E-state index < -0.39 is 0 Å². The lowest BCUT2D eigenvalue weighted by molar-refractivity contribution is 0.571. The van der Waals surface area contributed by atoms with Gasteiger partial charge in [-0.1, -0.05) is 0 Å². The van der Waals surface area contributed by atoms with Crippen molar-refractivity contribution in [1.82, 2.24) is 24.8 Å². The lowest BCUT2D eigenvalue weighted by atomic mass is 10.0. The van der Waals surface area contributed by atoms with Gasteiger partial charge in [0, 0.05) is 25.1 Å². The van der Waals surface area contributed by atoms with E-state index in [0.29, 0.717) is 5.92 Å². The molecule has 0 aromatic carbocycles. The second kappa shape index (κ2) is 4.86. The van der Waals surface area contributed by atoms with Gasteiger partial charge in [-0.25, -0.2) is 15.0 Å². The summed E-state index contributed by atoms with van der Waals surface area (Å²) in [5, 5.41) is 3.38. The van der Waals surface area contributed by atoms with Crippen molar-refractivity contribution in [3.63, 3.8) is 0 Å². The summed E-state index contributed by atoms with van der Waals surface area (Å²) in [6.07, 6.45) is 7.62. The average Bonchev–Trinajstić information content (AvgIpc) is 3.01. The molecule has 1 aliphatic heterocycles. The summed E-state index contributed by atoms with van der Waals surface area (Å²) in [7, 11) is 1.98. The summed E-state index contributed by atoms with van der Waals surface area (Å²) in [6.45, 7) is 2.23. The minimum absolute atomic E-state index is 0.703. The maximum atomic E-state index is 4.37. The van der Waals surface area contributed by atoms with Crippen LogP contribution in [0.2, 0.25) is 0 Å². The smallest absolute Gasteiger partial charge is 0.158 e. The van der Waals surface area contributed by atoms with Crippen molar-refractivity contribution in [2.75, 3.05) is 13.1 Å². The third kappa shape index (κ3) is 2.26. The zero-order valence-electron chi connectivity index (χ0n) is 10.5. The summed E-state index contributed by atoms with van der Waals surface area (Å²) >= 11 is 0. The van der Waals surface area contributed by atoms with Crippen molar-refractivity contribution in [3.05, 3.63) is 30.5 Å². The minimum atomic E-state index is 0.703. The molecule has 0 unspecified atom stereocenters. The van der Waals surface area contributed by atoms with Crippen LogP contribution in [-0.4, -0.2) is 32.6 Å².